The van der Waals surface area contributed by atoms with E-state index in [0.717, 1.165) is 17.7 Å². The number of aromatic carboxylic acids is 1. The van der Waals surface area contributed by atoms with Crippen LogP contribution in [-0.4, -0.2) is 17.0 Å². The fourth-order valence-corrected chi connectivity index (χ4v) is 2.95. The molecule has 0 saturated carbocycles. The van der Waals surface area contributed by atoms with Gasteiger partial charge in [-0.2, -0.15) is 0 Å². The Bertz CT molecular complexity index is 998. The average molecular weight is 374 g/mol. The molecule has 5 heteroatoms. The highest BCUT2D eigenvalue weighted by Gasteiger charge is 2.09. The van der Waals surface area contributed by atoms with Crippen molar-refractivity contribution >= 4 is 23.3 Å². The van der Waals surface area contributed by atoms with Crippen molar-refractivity contribution in [3.63, 3.8) is 0 Å². The Hall–Kier alpha value is -3.60. The van der Waals surface area contributed by atoms with Gasteiger partial charge in [0, 0.05) is 23.5 Å². The lowest BCUT2D eigenvalue weighted by molar-refractivity contribution is 0.0696. The Morgan fingerprint density at radius 1 is 0.893 bits per heavy atom. The highest BCUT2D eigenvalue weighted by molar-refractivity contribution is 6.04. The van der Waals surface area contributed by atoms with Gasteiger partial charge < -0.3 is 15.7 Å². The number of hydrogen-bond donors (Lipinski definition) is 3. The van der Waals surface area contributed by atoms with E-state index in [9.17, 15) is 9.59 Å². The van der Waals surface area contributed by atoms with Crippen molar-refractivity contribution in [1.82, 2.24) is 0 Å². The number of benzene rings is 3. The first-order valence-electron chi connectivity index (χ1n) is 9.12. The van der Waals surface area contributed by atoms with Crippen LogP contribution in [-0.2, 0) is 13.0 Å². The fourth-order valence-electron chi connectivity index (χ4n) is 2.95. The molecule has 3 aromatic carbocycles. The lowest BCUT2D eigenvalue weighted by Crippen LogP contribution is -2.13. The van der Waals surface area contributed by atoms with Crippen molar-refractivity contribution in [3.05, 3.63) is 95.1 Å². The topological polar surface area (TPSA) is 78.4 Å². The third-order valence-corrected chi connectivity index (χ3v) is 4.44. The Morgan fingerprint density at radius 3 is 2.43 bits per heavy atom. The van der Waals surface area contributed by atoms with Gasteiger partial charge in [-0.3, -0.25) is 4.79 Å². The summed E-state index contributed by atoms with van der Waals surface area (Å²) in [6.07, 6.45) is 0.945. The van der Waals surface area contributed by atoms with Gasteiger partial charge in [0.05, 0.1) is 5.56 Å². The van der Waals surface area contributed by atoms with Crippen LogP contribution in [0.3, 0.4) is 0 Å². The molecule has 0 aromatic heterocycles. The number of hydrogen-bond acceptors (Lipinski definition) is 3. The molecule has 0 fully saturated rings. The van der Waals surface area contributed by atoms with Gasteiger partial charge in [-0.1, -0.05) is 43.3 Å². The van der Waals surface area contributed by atoms with Gasteiger partial charge in [0.15, 0.2) is 0 Å². The summed E-state index contributed by atoms with van der Waals surface area (Å²) in [6.45, 7) is 2.72. The van der Waals surface area contributed by atoms with E-state index < -0.39 is 5.97 Å². The predicted molar refractivity (Wildman–Crippen MR) is 111 cm³/mol. The predicted octanol–water partition coefficient (Wildman–Crippen LogP) is 4.81. The molecular weight excluding hydrogens is 352 g/mol. The molecule has 0 bridgehead atoms. The van der Waals surface area contributed by atoms with Crippen molar-refractivity contribution in [3.8, 4) is 0 Å². The monoisotopic (exact) mass is 374 g/mol. The summed E-state index contributed by atoms with van der Waals surface area (Å²) in [5.41, 5.74) is 4.41. The molecule has 0 atom stereocenters. The molecule has 0 spiro atoms. The normalized spacial score (nSPS) is 10.3. The number of para-hydroxylation sites is 1. The van der Waals surface area contributed by atoms with Crippen LogP contribution in [0, 0.1) is 0 Å². The maximum atomic E-state index is 12.5. The van der Waals surface area contributed by atoms with Crippen LogP contribution in [0.2, 0.25) is 0 Å². The standard InChI is InChI=1S/C23H22N2O3/c1-2-17-8-3-4-12-21(17)24-15-16-7-5-9-18(13-16)22(26)25-20-11-6-10-19(14-20)23(27)28/h3-14,24H,2,15H2,1H3,(H,25,26)(H,27,28). The molecule has 142 valence electrons. The van der Waals surface area contributed by atoms with Crippen LogP contribution in [0.1, 0.15) is 38.8 Å². The molecule has 0 heterocycles. The van der Waals surface area contributed by atoms with Gasteiger partial charge >= 0.3 is 5.97 Å². The number of rotatable bonds is 7. The lowest BCUT2D eigenvalue weighted by Gasteiger charge is -2.12. The summed E-state index contributed by atoms with van der Waals surface area (Å²) in [6, 6.07) is 21.7. The Balaban J connectivity index is 1.69. The second kappa shape index (κ2) is 8.86. The van der Waals surface area contributed by atoms with Crippen LogP contribution in [0.15, 0.2) is 72.8 Å². The second-order valence-electron chi connectivity index (χ2n) is 6.40. The average Bonchev–Trinajstić information content (AvgIpc) is 2.72. The summed E-state index contributed by atoms with van der Waals surface area (Å²) in [5, 5.41) is 15.2. The highest BCUT2D eigenvalue weighted by atomic mass is 16.4. The maximum absolute atomic E-state index is 12.5. The molecule has 5 nitrogen and oxygen atoms in total. The number of carbonyl (C=O) groups excluding carboxylic acids is 1. The van der Waals surface area contributed by atoms with Gasteiger partial charge in [0.2, 0.25) is 0 Å². The quantitative estimate of drug-likeness (QED) is 0.554. The van der Waals surface area contributed by atoms with Gasteiger partial charge in [0.25, 0.3) is 5.91 Å². The van der Waals surface area contributed by atoms with Crippen LogP contribution in [0.4, 0.5) is 11.4 Å². The second-order valence-corrected chi connectivity index (χ2v) is 6.40. The zero-order chi connectivity index (χ0) is 19.9. The minimum absolute atomic E-state index is 0.130. The number of carboxylic acids is 1. The highest BCUT2D eigenvalue weighted by Crippen LogP contribution is 2.18. The first-order valence-corrected chi connectivity index (χ1v) is 9.12. The molecule has 3 aromatic rings. The molecule has 0 aliphatic carbocycles. The minimum atomic E-state index is -1.03. The number of carboxylic acid groups (broad SMARTS) is 1. The third-order valence-electron chi connectivity index (χ3n) is 4.44. The fraction of sp³-hybridized carbons (Fsp3) is 0.130. The van der Waals surface area contributed by atoms with E-state index in [1.165, 1.54) is 17.7 Å². The molecule has 3 N–H and O–H groups in total. The molecule has 0 saturated heterocycles. The summed E-state index contributed by atoms with van der Waals surface area (Å²) >= 11 is 0. The number of carbonyl (C=O) groups is 2. The van der Waals surface area contributed by atoms with Crippen LogP contribution >= 0.6 is 0 Å². The zero-order valence-electron chi connectivity index (χ0n) is 15.6. The van der Waals surface area contributed by atoms with E-state index in [2.05, 4.69) is 23.6 Å². The summed E-state index contributed by atoms with van der Waals surface area (Å²) < 4.78 is 0. The van der Waals surface area contributed by atoms with Gasteiger partial charge in [0.1, 0.15) is 0 Å². The summed E-state index contributed by atoms with van der Waals surface area (Å²) in [7, 11) is 0. The van der Waals surface area contributed by atoms with Gasteiger partial charge in [-0.05, 0) is 53.9 Å². The van der Waals surface area contributed by atoms with E-state index in [1.54, 1.807) is 18.2 Å². The van der Waals surface area contributed by atoms with Crippen LogP contribution < -0.4 is 10.6 Å². The molecule has 28 heavy (non-hydrogen) atoms. The molecule has 0 aliphatic rings. The van der Waals surface area contributed by atoms with Crippen LogP contribution in [0.5, 0.6) is 0 Å². The minimum Gasteiger partial charge on any atom is -0.478 e. The molecule has 1 amide bonds. The van der Waals surface area contributed by atoms with E-state index >= 15 is 0 Å². The summed E-state index contributed by atoms with van der Waals surface area (Å²) in [4.78, 5) is 23.6. The smallest absolute Gasteiger partial charge is 0.335 e. The molecule has 0 radical (unpaired) electrons. The van der Waals surface area contributed by atoms with Crippen molar-refractivity contribution < 1.29 is 14.7 Å². The largest absolute Gasteiger partial charge is 0.478 e. The summed E-state index contributed by atoms with van der Waals surface area (Å²) in [5.74, 6) is -1.31. The van der Waals surface area contributed by atoms with E-state index in [4.69, 9.17) is 5.11 Å². The first kappa shape index (κ1) is 19.2. The van der Waals surface area contributed by atoms with Crippen molar-refractivity contribution in [2.45, 2.75) is 19.9 Å². The number of amides is 1. The first-order chi connectivity index (χ1) is 13.6. The van der Waals surface area contributed by atoms with E-state index in [0.29, 0.717) is 17.8 Å². The Labute approximate surface area is 164 Å². The SMILES string of the molecule is CCc1ccccc1NCc1cccc(C(=O)Nc2cccc(C(=O)O)c2)c1. The Morgan fingerprint density at radius 2 is 1.64 bits per heavy atom. The van der Waals surface area contributed by atoms with E-state index in [1.807, 2.05) is 36.4 Å². The van der Waals surface area contributed by atoms with Crippen molar-refractivity contribution in [2.75, 3.05) is 10.6 Å². The number of anilines is 2. The van der Waals surface area contributed by atoms with Crippen LogP contribution in [0.25, 0.3) is 0 Å². The zero-order valence-corrected chi connectivity index (χ0v) is 15.6. The third kappa shape index (κ3) is 4.76. The Kier molecular flexibility index (Phi) is 6.07. The van der Waals surface area contributed by atoms with Gasteiger partial charge in [-0.15, -0.1) is 0 Å². The number of nitrogens with one attached hydrogen (secondary N) is 2. The maximum Gasteiger partial charge on any atom is 0.335 e. The van der Waals surface area contributed by atoms with Gasteiger partial charge in [-0.25, -0.2) is 4.79 Å². The molecule has 0 unspecified atom stereocenters. The molecule has 3 rings (SSSR count). The van der Waals surface area contributed by atoms with Crippen molar-refractivity contribution in [2.24, 2.45) is 0 Å². The van der Waals surface area contributed by atoms with E-state index in [-0.39, 0.29) is 11.5 Å². The molecular formula is C23H22N2O3. The number of aryl methyl sites for hydroxylation is 1. The lowest BCUT2D eigenvalue weighted by atomic mass is 10.1. The van der Waals surface area contributed by atoms with Crippen molar-refractivity contribution in [1.29, 1.82) is 0 Å². The molecule has 0 aliphatic heterocycles.